The molecule has 0 saturated heterocycles. The van der Waals surface area contributed by atoms with E-state index in [1.54, 1.807) is 12.1 Å². The fraction of sp³-hybridized carbons (Fsp3) is 0.500. The molecular formula is C26H36N4O5. The fourth-order valence-electron chi connectivity index (χ4n) is 4.11. The zero-order valence-electron chi connectivity index (χ0n) is 20.1. The van der Waals surface area contributed by atoms with Gasteiger partial charge >= 0.3 is 0 Å². The first kappa shape index (κ1) is 28.1. The number of rotatable bonds is 6. The third-order valence-corrected chi connectivity index (χ3v) is 6.24. The van der Waals surface area contributed by atoms with Crippen LogP contribution >= 0.6 is 0 Å². The zero-order valence-corrected chi connectivity index (χ0v) is 20.1. The van der Waals surface area contributed by atoms with E-state index in [9.17, 15) is 25.0 Å². The average molecular weight is 485 g/mol. The number of hydrogen-bond donors (Lipinski definition) is 2. The van der Waals surface area contributed by atoms with Gasteiger partial charge in [-0.25, -0.2) is 0 Å². The van der Waals surface area contributed by atoms with Crippen molar-refractivity contribution in [3.63, 3.8) is 0 Å². The Balaban J connectivity index is 0.000000205. The van der Waals surface area contributed by atoms with Gasteiger partial charge in [-0.05, 0) is 43.4 Å². The summed E-state index contributed by atoms with van der Waals surface area (Å²) in [6.45, 7) is 0.808. The molecule has 2 aliphatic rings. The van der Waals surface area contributed by atoms with Crippen LogP contribution in [0.2, 0.25) is 0 Å². The van der Waals surface area contributed by atoms with Crippen molar-refractivity contribution in [3.05, 3.63) is 79.9 Å². The van der Waals surface area contributed by atoms with Crippen molar-refractivity contribution in [3.8, 4) is 0 Å². The number of nitro groups is 2. The lowest BCUT2D eigenvalue weighted by Crippen LogP contribution is -2.30. The minimum atomic E-state index is -0.505. The molecule has 0 heterocycles. The summed E-state index contributed by atoms with van der Waals surface area (Å²) in [5, 5.41) is 24.1. The minimum absolute atomic E-state index is 0.00407. The van der Waals surface area contributed by atoms with Gasteiger partial charge in [0.25, 0.3) is 11.4 Å². The highest BCUT2D eigenvalue weighted by molar-refractivity contribution is 5.75. The lowest BCUT2D eigenvalue weighted by atomic mass is 9.95. The summed E-state index contributed by atoms with van der Waals surface area (Å²) in [6.07, 6.45) is 13.8. The second kappa shape index (κ2) is 15.7. The molecule has 9 nitrogen and oxygen atoms in total. The van der Waals surface area contributed by atoms with Crippen LogP contribution in [0, 0.1) is 20.2 Å². The third-order valence-electron chi connectivity index (χ3n) is 6.24. The summed E-state index contributed by atoms with van der Waals surface area (Å²) < 4.78 is 0. The predicted molar refractivity (Wildman–Crippen MR) is 136 cm³/mol. The van der Waals surface area contributed by atoms with Gasteiger partial charge in [-0.15, -0.1) is 0 Å². The molecule has 0 aromatic heterocycles. The van der Waals surface area contributed by atoms with Crippen molar-refractivity contribution in [2.24, 2.45) is 5.73 Å². The molecule has 2 aromatic carbocycles. The molecule has 2 fully saturated rings. The number of carbonyl (C=O) groups excluding carboxylic acids is 1. The number of carbonyl (C=O) groups is 1. The monoisotopic (exact) mass is 484 g/mol. The van der Waals surface area contributed by atoms with Crippen LogP contribution in [0.4, 0.5) is 11.4 Å². The number of hydrogen-bond acceptors (Lipinski definition) is 7. The molecule has 4 rings (SSSR count). The number of nitrogens with zero attached hydrogens (tertiary/aromatic N) is 2. The van der Waals surface area contributed by atoms with E-state index in [2.05, 4.69) is 5.32 Å². The molecule has 2 aliphatic carbocycles. The van der Waals surface area contributed by atoms with E-state index in [-0.39, 0.29) is 16.3 Å². The molecule has 2 saturated carbocycles. The van der Waals surface area contributed by atoms with E-state index in [1.165, 1.54) is 88.5 Å². The lowest BCUT2D eigenvalue weighted by molar-refractivity contribution is -0.385. The second-order valence-electron chi connectivity index (χ2n) is 9.00. The highest BCUT2D eigenvalue weighted by Crippen LogP contribution is 2.18. The van der Waals surface area contributed by atoms with Crippen LogP contribution in [-0.4, -0.2) is 28.2 Å². The van der Waals surface area contributed by atoms with Crippen LogP contribution < -0.4 is 11.1 Å². The van der Waals surface area contributed by atoms with Gasteiger partial charge in [0.2, 0.25) is 0 Å². The Bertz CT molecular complexity index is 906. The summed E-state index contributed by atoms with van der Waals surface area (Å²) >= 11 is 0. The number of nitro benzene ring substituents is 2. The van der Waals surface area contributed by atoms with Crippen LogP contribution in [0.5, 0.6) is 0 Å². The van der Waals surface area contributed by atoms with Gasteiger partial charge in [0.05, 0.1) is 9.85 Å². The predicted octanol–water partition coefficient (Wildman–Crippen LogP) is 5.70. The summed E-state index contributed by atoms with van der Waals surface area (Å²) in [4.78, 5) is 29.9. The molecule has 0 radical (unpaired) electrons. The summed E-state index contributed by atoms with van der Waals surface area (Å²) in [5.74, 6) is 0. The number of non-ortho nitro benzene ring substituents is 2. The smallest absolute Gasteiger partial charge is 0.269 e. The number of nitrogens with two attached hydrogens (primary N) is 1. The van der Waals surface area contributed by atoms with E-state index in [0.29, 0.717) is 23.9 Å². The van der Waals surface area contributed by atoms with Gasteiger partial charge in [-0.1, -0.05) is 50.7 Å². The number of benzene rings is 2. The Hall–Kier alpha value is -3.17. The average Bonchev–Trinajstić information content (AvgIpc) is 2.89. The first-order valence-corrected chi connectivity index (χ1v) is 12.3. The highest BCUT2D eigenvalue weighted by Gasteiger charge is 2.12. The van der Waals surface area contributed by atoms with Crippen molar-refractivity contribution in [1.29, 1.82) is 0 Å². The molecule has 3 N–H and O–H groups in total. The highest BCUT2D eigenvalue weighted by atomic mass is 16.6. The van der Waals surface area contributed by atoms with Gasteiger partial charge in [-0.2, -0.15) is 0 Å². The molecule has 190 valence electrons. The molecule has 0 unspecified atom stereocenters. The molecule has 2 aromatic rings. The van der Waals surface area contributed by atoms with Crippen LogP contribution in [0.15, 0.2) is 48.5 Å². The maximum absolute atomic E-state index is 10.5. The van der Waals surface area contributed by atoms with E-state index in [1.807, 2.05) is 12.1 Å². The lowest BCUT2D eigenvalue weighted by Gasteiger charge is -2.22. The fourth-order valence-corrected chi connectivity index (χ4v) is 4.11. The van der Waals surface area contributed by atoms with Crippen LogP contribution in [0.25, 0.3) is 0 Å². The number of aldehydes is 1. The molecule has 0 atom stereocenters. The molecule has 0 bridgehead atoms. The van der Waals surface area contributed by atoms with Gasteiger partial charge < -0.3 is 11.1 Å². The first-order valence-electron chi connectivity index (χ1n) is 12.3. The van der Waals surface area contributed by atoms with E-state index in [4.69, 9.17) is 5.73 Å². The van der Waals surface area contributed by atoms with Gasteiger partial charge in [0.1, 0.15) is 6.29 Å². The first-order chi connectivity index (χ1) is 16.9. The Kier molecular flexibility index (Phi) is 12.6. The molecule has 9 heteroatoms. The third kappa shape index (κ3) is 11.2. The van der Waals surface area contributed by atoms with Crippen molar-refractivity contribution < 1.29 is 14.6 Å². The summed E-state index contributed by atoms with van der Waals surface area (Å²) in [7, 11) is 0. The zero-order chi connectivity index (χ0) is 25.5. The van der Waals surface area contributed by atoms with Crippen molar-refractivity contribution in [2.75, 3.05) is 0 Å². The van der Waals surface area contributed by atoms with Crippen molar-refractivity contribution in [2.45, 2.75) is 82.8 Å². The minimum Gasteiger partial charge on any atom is -0.328 e. The van der Waals surface area contributed by atoms with E-state index >= 15 is 0 Å². The SMILES string of the molecule is NC1CCCCC1.O=Cc1ccc([N+](=O)[O-])cc1.O=[N+]([O-])c1ccc(CNC2CCCCC2)cc1. The number of nitrogens with one attached hydrogen (secondary N) is 1. The van der Waals surface area contributed by atoms with E-state index < -0.39 is 4.92 Å². The van der Waals surface area contributed by atoms with Crippen LogP contribution in [-0.2, 0) is 6.54 Å². The quantitative estimate of drug-likeness (QED) is 0.304. The van der Waals surface area contributed by atoms with Crippen molar-refractivity contribution >= 4 is 17.7 Å². The maximum Gasteiger partial charge on any atom is 0.269 e. The molecule has 35 heavy (non-hydrogen) atoms. The standard InChI is InChI=1S/C13H18N2O2.C7H5NO3.C6H13N/c16-15(17)13-8-6-11(7-9-13)10-14-12-4-2-1-3-5-12;9-5-6-1-3-7(4-2-6)8(10)11;7-6-4-2-1-3-5-6/h6-9,12,14H,1-5,10H2;1-5H;6H,1-5,7H2. The largest absolute Gasteiger partial charge is 0.328 e. The molecule has 0 amide bonds. The van der Waals surface area contributed by atoms with Gasteiger partial charge in [-0.3, -0.25) is 25.0 Å². The summed E-state index contributed by atoms with van der Waals surface area (Å²) in [6, 6.07) is 13.4. The molecule has 0 aliphatic heterocycles. The Labute approximate surface area is 206 Å². The van der Waals surface area contributed by atoms with Gasteiger partial charge in [0, 0.05) is 48.5 Å². The van der Waals surface area contributed by atoms with Crippen LogP contribution in [0.1, 0.15) is 80.1 Å². The van der Waals surface area contributed by atoms with E-state index in [0.717, 1.165) is 12.1 Å². The van der Waals surface area contributed by atoms with Gasteiger partial charge in [0.15, 0.2) is 0 Å². The van der Waals surface area contributed by atoms with Crippen molar-refractivity contribution in [1.82, 2.24) is 5.32 Å². The Morgan fingerprint density at radius 3 is 1.63 bits per heavy atom. The second-order valence-corrected chi connectivity index (χ2v) is 9.00. The van der Waals surface area contributed by atoms with Crippen LogP contribution in [0.3, 0.4) is 0 Å². The molecular weight excluding hydrogens is 448 g/mol. The normalized spacial score (nSPS) is 16.1. The topological polar surface area (TPSA) is 141 Å². The Morgan fingerprint density at radius 2 is 1.23 bits per heavy atom. The Morgan fingerprint density at radius 1 is 0.771 bits per heavy atom. The summed E-state index contributed by atoms with van der Waals surface area (Å²) in [5.41, 5.74) is 7.34. The molecule has 0 spiro atoms. The maximum atomic E-state index is 10.5.